The molecule has 0 spiro atoms. The van der Waals surface area contributed by atoms with Gasteiger partial charge in [0.15, 0.2) is 5.16 Å². The van der Waals surface area contributed by atoms with Crippen molar-refractivity contribution in [2.75, 3.05) is 6.26 Å². The zero-order valence-electron chi connectivity index (χ0n) is 15.4. The van der Waals surface area contributed by atoms with Crippen molar-refractivity contribution in [3.63, 3.8) is 0 Å². The SMILES string of the molecule is CSc1nc(C)c(CCC(=O)NC(C)c2nc(C)c(C(=O)O)s2)c(C)n1. The van der Waals surface area contributed by atoms with Crippen molar-refractivity contribution < 1.29 is 14.7 Å². The second-order valence-electron chi connectivity index (χ2n) is 5.92. The van der Waals surface area contributed by atoms with E-state index in [2.05, 4.69) is 20.3 Å². The van der Waals surface area contributed by atoms with Gasteiger partial charge in [-0.1, -0.05) is 11.8 Å². The van der Waals surface area contributed by atoms with Crippen molar-refractivity contribution in [2.24, 2.45) is 0 Å². The van der Waals surface area contributed by atoms with Gasteiger partial charge in [0.25, 0.3) is 0 Å². The van der Waals surface area contributed by atoms with E-state index in [4.69, 9.17) is 5.11 Å². The second-order valence-corrected chi connectivity index (χ2v) is 7.72. The van der Waals surface area contributed by atoms with Crippen LogP contribution in [0.5, 0.6) is 0 Å². The zero-order chi connectivity index (χ0) is 19.4. The number of rotatable bonds is 7. The van der Waals surface area contributed by atoms with E-state index in [0.717, 1.165) is 33.4 Å². The van der Waals surface area contributed by atoms with Crippen LogP contribution >= 0.6 is 23.1 Å². The van der Waals surface area contributed by atoms with Gasteiger partial charge >= 0.3 is 5.97 Å². The van der Waals surface area contributed by atoms with Gasteiger partial charge in [-0.3, -0.25) is 4.79 Å². The number of carbonyl (C=O) groups is 2. The quantitative estimate of drug-likeness (QED) is 0.549. The first-order valence-electron chi connectivity index (χ1n) is 8.11. The van der Waals surface area contributed by atoms with Crippen molar-refractivity contribution in [2.45, 2.75) is 51.7 Å². The normalized spacial score (nSPS) is 12.0. The maximum absolute atomic E-state index is 12.3. The molecule has 2 heterocycles. The summed E-state index contributed by atoms with van der Waals surface area (Å²) in [6, 6.07) is -0.336. The fraction of sp³-hybridized carbons (Fsp3) is 0.471. The Morgan fingerprint density at radius 1 is 1.15 bits per heavy atom. The van der Waals surface area contributed by atoms with Gasteiger partial charge in [-0.2, -0.15) is 0 Å². The lowest BCUT2D eigenvalue weighted by Gasteiger charge is -2.13. The van der Waals surface area contributed by atoms with Gasteiger partial charge in [0, 0.05) is 17.8 Å². The van der Waals surface area contributed by atoms with E-state index in [0.29, 0.717) is 23.5 Å². The third-order valence-corrected chi connectivity index (χ3v) is 5.82. The van der Waals surface area contributed by atoms with Gasteiger partial charge in [-0.05, 0) is 45.9 Å². The summed E-state index contributed by atoms with van der Waals surface area (Å²) in [5.74, 6) is -1.11. The van der Waals surface area contributed by atoms with Gasteiger partial charge in [0.1, 0.15) is 9.88 Å². The number of nitrogens with one attached hydrogen (secondary N) is 1. The predicted octanol–water partition coefficient (Wildman–Crippen LogP) is 3.09. The van der Waals surface area contributed by atoms with Crippen LogP contribution in [0.1, 0.15) is 56.7 Å². The topological polar surface area (TPSA) is 105 Å². The van der Waals surface area contributed by atoms with Crippen LogP contribution in [0.4, 0.5) is 0 Å². The summed E-state index contributed by atoms with van der Waals surface area (Å²) in [4.78, 5) is 36.7. The van der Waals surface area contributed by atoms with E-state index in [1.54, 1.807) is 13.8 Å². The number of carboxylic acid groups (broad SMARTS) is 1. The van der Waals surface area contributed by atoms with Gasteiger partial charge < -0.3 is 10.4 Å². The lowest BCUT2D eigenvalue weighted by atomic mass is 10.1. The summed E-state index contributed by atoms with van der Waals surface area (Å²) in [6.07, 6.45) is 2.80. The van der Waals surface area contributed by atoms with E-state index < -0.39 is 5.97 Å². The van der Waals surface area contributed by atoms with E-state index in [9.17, 15) is 9.59 Å². The molecule has 0 aliphatic carbocycles. The molecule has 140 valence electrons. The molecule has 0 aliphatic rings. The molecule has 9 heteroatoms. The number of hydrogen-bond donors (Lipinski definition) is 2. The molecule has 1 amide bonds. The van der Waals surface area contributed by atoms with Crippen LogP contribution in [0.15, 0.2) is 5.16 Å². The molecule has 2 aromatic rings. The Hall–Kier alpha value is -2.00. The minimum atomic E-state index is -0.996. The molecule has 0 saturated carbocycles. The second kappa shape index (κ2) is 8.59. The van der Waals surface area contributed by atoms with Crippen molar-refractivity contribution in [1.29, 1.82) is 0 Å². The molecule has 0 bridgehead atoms. The molecule has 26 heavy (non-hydrogen) atoms. The number of amides is 1. The highest BCUT2D eigenvalue weighted by molar-refractivity contribution is 7.98. The Kier molecular flexibility index (Phi) is 6.71. The number of carboxylic acids is 1. The van der Waals surface area contributed by atoms with Crippen molar-refractivity contribution in [3.8, 4) is 0 Å². The summed E-state index contributed by atoms with van der Waals surface area (Å²) in [5.41, 5.74) is 3.24. The summed E-state index contributed by atoms with van der Waals surface area (Å²) in [7, 11) is 0. The fourth-order valence-corrected chi connectivity index (χ4v) is 3.94. The first-order chi connectivity index (χ1) is 12.2. The molecule has 0 aromatic carbocycles. The third kappa shape index (κ3) is 4.79. The highest BCUT2D eigenvalue weighted by atomic mass is 32.2. The molecule has 0 fully saturated rings. The first kappa shape index (κ1) is 20.3. The van der Waals surface area contributed by atoms with Crippen LogP contribution in [-0.2, 0) is 11.2 Å². The Labute approximate surface area is 160 Å². The highest BCUT2D eigenvalue weighted by Gasteiger charge is 2.19. The highest BCUT2D eigenvalue weighted by Crippen LogP contribution is 2.24. The summed E-state index contributed by atoms with van der Waals surface area (Å²) in [6.45, 7) is 7.31. The molecule has 1 unspecified atom stereocenters. The Morgan fingerprint density at radius 3 is 2.27 bits per heavy atom. The summed E-state index contributed by atoms with van der Waals surface area (Å²) < 4.78 is 0. The summed E-state index contributed by atoms with van der Waals surface area (Å²) in [5, 5.41) is 13.3. The molecule has 2 N–H and O–H groups in total. The van der Waals surface area contributed by atoms with Crippen LogP contribution < -0.4 is 5.32 Å². The molecule has 7 nitrogen and oxygen atoms in total. The van der Waals surface area contributed by atoms with Gasteiger partial charge in [0.05, 0.1) is 11.7 Å². The number of aromatic nitrogens is 3. The molecule has 2 rings (SSSR count). The van der Waals surface area contributed by atoms with Crippen LogP contribution in [-0.4, -0.2) is 38.2 Å². The average Bonchev–Trinajstić information content (AvgIpc) is 2.96. The Morgan fingerprint density at radius 2 is 1.77 bits per heavy atom. The van der Waals surface area contributed by atoms with Crippen molar-refractivity contribution in [3.05, 3.63) is 32.5 Å². The molecular weight excluding hydrogens is 372 g/mol. The van der Waals surface area contributed by atoms with Crippen molar-refractivity contribution >= 4 is 35.0 Å². The van der Waals surface area contributed by atoms with Crippen LogP contribution in [0.2, 0.25) is 0 Å². The molecular formula is C17H22N4O3S2. The van der Waals surface area contributed by atoms with Gasteiger partial charge in [-0.25, -0.2) is 19.7 Å². The van der Waals surface area contributed by atoms with Crippen LogP contribution in [0.25, 0.3) is 0 Å². The van der Waals surface area contributed by atoms with Crippen LogP contribution in [0, 0.1) is 20.8 Å². The standard InChI is InChI=1S/C17H22N4O3S2/c1-8-12(9(2)21-17(20-8)25-5)6-7-13(22)18-11(4)15-19-10(3)14(26-15)16(23)24/h11H,6-7H2,1-5H3,(H,18,22)(H,23,24). The predicted molar refractivity (Wildman–Crippen MR) is 102 cm³/mol. The maximum Gasteiger partial charge on any atom is 0.347 e. The lowest BCUT2D eigenvalue weighted by Crippen LogP contribution is -2.27. The molecule has 2 aromatic heterocycles. The number of aromatic carboxylic acids is 1. The van der Waals surface area contributed by atoms with E-state index in [-0.39, 0.29) is 16.8 Å². The van der Waals surface area contributed by atoms with Gasteiger partial charge in [-0.15, -0.1) is 11.3 Å². The minimum Gasteiger partial charge on any atom is -0.477 e. The maximum atomic E-state index is 12.3. The monoisotopic (exact) mass is 394 g/mol. The van der Waals surface area contributed by atoms with E-state index >= 15 is 0 Å². The third-order valence-electron chi connectivity index (χ3n) is 3.94. The summed E-state index contributed by atoms with van der Waals surface area (Å²) >= 11 is 2.59. The van der Waals surface area contributed by atoms with Crippen molar-refractivity contribution in [1.82, 2.24) is 20.3 Å². The molecule has 0 radical (unpaired) electrons. The number of carbonyl (C=O) groups excluding carboxylic acids is 1. The number of thioether (sulfide) groups is 1. The van der Waals surface area contributed by atoms with E-state index in [1.165, 1.54) is 11.8 Å². The molecule has 1 atom stereocenters. The van der Waals surface area contributed by atoms with Gasteiger partial charge in [0.2, 0.25) is 5.91 Å². The van der Waals surface area contributed by atoms with E-state index in [1.807, 2.05) is 20.1 Å². The largest absolute Gasteiger partial charge is 0.477 e. The smallest absolute Gasteiger partial charge is 0.347 e. The first-order valence-corrected chi connectivity index (χ1v) is 10.1. The lowest BCUT2D eigenvalue weighted by molar-refractivity contribution is -0.121. The zero-order valence-corrected chi connectivity index (χ0v) is 17.0. The van der Waals surface area contributed by atoms with Crippen LogP contribution in [0.3, 0.4) is 0 Å². The molecule has 0 aliphatic heterocycles. The number of nitrogens with zero attached hydrogens (tertiary/aromatic N) is 3. The molecule has 0 saturated heterocycles. The number of aryl methyl sites for hydroxylation is 3. The number of thiazole rings is 1. The average molecular weight is 395 g/mol. The fourth-order valence-electron chi connectivity index (χ4n) is 2.58. The minimum absolute atomic E-state index is 0.116. The Balaban J connectivity index is 1.99. The Bertz CT molecular complexity index is 812. The number of hydrogen-bond acceptors (Lipinski definition) is 7.